The van der Waals surface area contributed by atoms with Crippen molar-refractivity contribution in [3.63, 3.8) is 0 Å². The minimum Gasteiger partial charge on any atom is -0.400 e. The first-order chi connectivity index (χ1) is 23.9. The number of anilines is 1. The van der Waals surface area contributed by atoms with Crippen molar-refractivity contribution in [2.45, 2.75) is 56.6 Å². The van der Waals surface area contributed by atoms with E-state index in [4.69, 9.17) is 20.1 Å². The van der Waals surface area contributed by atoms with Gasteiger partial charge in [0.15, 0.2) is 0 Å². The predicted molar refractivity (Wildman–Crippen MR) is 203 cm³/mol. The molecule has 3 aromatic carbocycles. The van der Waals surface area contributed by atoms with E-state index < -0.39 is 21.0 Å². The van der Waals surface area contributed by atoms with Crippen molar-refractivity contribution in [1.29, 1.82) is 0 Å². The van der Waals surface area contributed by atoms with Gasteiger partial charge in [0.25, 0.3) is 10.0 Å². The zero-order valence-electron chi connectivity index (χ0n) is 30.5. The summed E-state index contributed by atoms with van der Waals surface area (Å²) < 4.78 is 31.8. The topological polar surface area (TPSA) is 147 Å². The summed E-state index contributed by atoms with van der Waals surface area (Å²) in [6.07, 6.45) is 9.52. The number of aliphatic hydroxyl groups is 3. The van der Waals surface area contributed by atoms with Gasteiger partial charge in [0, 0.05) is 82.0 Å². The molecule has 272 valence electrons. The minimum atomic E-state index is -3.91. The lowest BCUT2D eigenvalue weighted by Crippen LogP contribution is -2.47. The van der Waals surface area contributed by atoms with Crippen LogP contribution in [-0.2, 0) is 20.4 Å². The lowest BCUT2D eigenvalue weighted by molar-refractivity contribution is -0.0294. The average molecular weight is 708 g/mol. The highest BCUT2D eigenvalue weighted by atomic mass is 32.2. The van der Waals surface area contributed by atoms with Crippen molar-refractivity contribution >= 4 is 38.4 Å². The summed E-state index contributed by atoms with van der Waals surface area (Å²) in [5.74, 6) is 0. The third-order valence-electron chi connectivity index (χ3n) is 9.05. The predicted octanol–water partition coefficient (Wildman–Crippen LogP) is 5.02. The molecule has 1 saturated heterocycles. The standard InChI is InChI=1S/C36H45N5O4S.2CH4O/c1-26(20-22-37-39-46(43,44)34-18-10-14-28-29(34)15-9-17-33(28)40(4)5)19-21-36(42)31-16-8-7-13-30(31)32(24-35(36,2)3)38-41-23-11-12-27(41)25-45-6;2*1-2/h7-10,13-22,27,39,42H,11-12,23-25H2,1-6H3;2*2H,1H3/b21-19+,26-20-,37-22+,38-32+;;/t27-,36-;;/m1../s1. The fraction of sp³-hybridized carbons (Fsp3) is 0.421. The first kappa shape index (κ1) is 40.4. The number of nitrogens with zero attached hydrogens (tertiary/aromatic N) is 4. The first-order valence-electron chi connectivity index (χ1n) is 16.5. The van der Waals surface area contributed by atoms with Gasteiger partial charge in [0.05, 0.1) is 23.3 Å². The molecule has 1 aliphatic carbocycles. The highest BCUT2D eigenvalue weighted by Gasteiger charge is 2.49. The van der Waals surface area contributed by atoms with Crippen molar-refractivity contribution in [2.24, 2.45) is 15.6 Å². The van der Waals surface area contributed by atoms with E-state index in [-0.39, 0.29) is 10.9 Å². The van der Waals surface area contributed by atoms with Crippen LogP contribution in [0.15, 0.2) is 99.6 Å². The number of aliphatic hydroxyl groups excluding tert-OH is 2. The van der Waals surface area contributed by atoms with Crippen molar-refractivity contribution in [3.05, 3.63) is 95.6 Å². The van der Waals surface area contributed by atoms with E-state index in [0.717, 1.165) is 67.1 Å². The maximum Gasteiger partial charge on any atom is 0.277 e. The molecule has 0 saturated carbocycles. The second kappa shape index (κ2) is 17.7. The van der Waals surface area contributed by atoms with Gasteiger partial charge in [-0.2, -0.15) is 18.6 Å². The molecule has 12 heteroatoms. The number of hydrazone groups is 2. The number of benzene rings is 3. The molecule has 3 aromatic rings. The van der Waals surface area contributed by atoms with Crippen LogP contribution in [0.3, 0.4) is 0 Å². The van der Waals surface area contributed by atoms with Gasteiger partial charge in [-0.15, -0.1) is 0 Å². The molecule has 5 rings (SSSR count). The van der Waals surface area contributed by atoms with E-state index >= 15 is 0 Å². The van der Waals surface area contributed by atoms with E-state index in [9.17, 15) is 13.5 Å². The molecule has 0 spiro atoms. The van der Waals surface area contributed by atoms with E-state index in [0.29, 0.717) is 18.4 Å². The molecular formula is C38H53N5O6S. The van der Waals surface area contributed by atoms with Crippen LogP contribution in [0.25, 0.3) is 10.8 Å². The monoisotopic (exact) mass is 707 g/mol. The number of rotatable bonds is 10. The number of fused-ring (bicyclic) bond motifs is 2. The van der Waals surface area contributed by atoms with Crippen molar-refractivity contribution in [3.8, 4) is 0 Å². The van der Waals surface area contributed by atoms with Gasteiger partial charge in [-0.3, -0.25) is 5.01 Å². The Morgan fingerprint density at radius 2 is 1.72 bits per heavy atom. The molecule has 1 fully saturated rings. The Morgan fingerprint density at radius 1 is 1.04 bits per heavy atom. The molecule has 0 bridgehead atoms. The van der Waals surface area contributed by atoms with Crippen LogP contribution in [0.1, 0.15) is 51.2 Å². The van der Waals surface area contributed by atoms with Gasteiger partial charge < -0.3 is 25.0 Å². The normalized spacial score (nSPS) is 21.1. The molecular weight excluding hydrogens is 655 g/mol. The van der Waals surface area contributed by atoms with Crippen LogP contribution >= 0.6 is 0 Å². The molecule has 50 heavy (non-hydrogen) atoms. The van der Waals surface area contributed by atoms with Gasteiger partial charge in [0.1, 0.15) is 5.60 Å². The lowest BCUT2D eigenvalue weighted by Gasteiger charge is -2.46. The fourth-order valence-electron chi connectivity index (χ4n) is 6.45. The van der Waals surface area contributed by atoms with Crippen LogP contribution in [0.4, 0.5) is 5.69 Å². The molecule has 11 nitrogen and oxygen atoms in total. The highest BCUT2D eigenvalue weighted by molar-refractivity contribution is 7.89. The number of methoxy groups -OCH3 is 1. The second-order valence-corrected chi connectivity index (χ2v) is 14.6. The zero-order chi connectivity index (χ0) is 37.1. The van der Waals surface area contributed by atoms with Crippen LogP contribution in [0.2, 0.25) is 0 Å². The number of allylic oxidation sites excluding steroid dienone is 3. The molecule has 2 atom stereocenters. The molecule has 0 amide bonds. The van der Waals surface area contributed by atoms with E-state index in [1.165, 1.54) is 6.21 Å². The summed E-state index contributed by atoms with van der Waals surface area (Å²) in [7, 11) is 3.66. The Balaban J connectivity index is 0.00000163. The summed E-state index contributed by atoms with van der Waals surface area (Å²) in [6.45, 7) is 7.54. The Bertz CT molecular complexity index is 1820. The smallest absolute Gasteiger partial charge is 0.277 e. The van der Waals surface area contributed by atoms with Crippen LogP contribution in [-0.4, -0.2) is 95.3 Å². The van der Waals surface area contributed by atoms with Gasteiger partial charge in [-0.1, -0.05) is 68.5 Å². The largest absolute Gasteiger partial charge is 0.400 e. The SMILES string of the molecule is CO.CO.COC[C@H]1CCCN1/N=C1\CC(C)(C)[C@@](O)(/C=C/C(C)=C\C=N\NS(=O)(=O)c2cccc3c(N(C)C)cccc23)c2ccccc21. The van der Waals surface area contributed by atoms with Crippen molar-refractivity contribution in [2.75, 3.05) is 53.5 Å². The third-order valence-corrected chi connectivity index (χ3v) is 10.3. The Kier molecular flexibility index (Phi) is 14.3. The van der Waals surface area contributed by atoms with Crippen LogP contribution in [0.5, 0.6) is 0 Å². The van der Waals surface area contributed by atoms with Crippen LogP contribution in [0, 0.1) is 5.41 Å². The number of ether oxygens (including phenoxy) is 1. The average Bonchev–Trinajstić information content (AvgIpc) is 3.55. The number of nitrogens with one attached hydrogen (secondary N) is 1. The Morgan fingerprint density at radius 3 is 2.42 bits per heavy atom. The summed E-state index contributed by atoms with van der Waals surface area (Å²) in [5.41, 5.74) is 2.64. The molecule has 0 unspecified atom stereocenters. The quantitative estimate of drug-likeness (QED) is 0.131. The Labute approximate surface area is 297 Å². The summed E-state index contributed by atoms with van der Waals surface area (Å²) in [4.78, 5) is 4.45. The lowest BCUT2D eigenvalue weighted by atomic mass is 9.62. The molecule has 0 radical (unpaired) electrons. The number of sulfonamides is 1. The fourth-order valence-corrected chi connectivity index (χ4v) is 7.48. The first-order valence-corrected chi connectivity index (χ1v) is 18.0. The molecule has 1 heterocycles. The number of hydrogen-bond donors (Lipinski definition) is 4. The summed E-state index contributed by atoms with van der Waals surface area (Å²) >= 11 is 0. The van der Waals surface area contributed by atoms with Gasteiger partial charge in [-0.05, 0) is 55.2 Å². The summed E-state index contributed by atoms with van der Waals surface area (Å²) in [6, 6.07) is 19.0. The zero-order valence-corrected chi connectivity index (χ0v) is 31.3. The van der Waals surface area contributed by atoms with E-state index in [1.807, 2.05) is 80.5 Å². The minimum absolute atomic E-state index is 0.161. The second-order valence-electron chi connectivity index (χ2n) is 13.0. The van der Waals surface area contributed by atoms with Gasteiger partial charge in [-0.25, -0.2) is 4.83 Å². The third kappa shape index (κ3) is 8.80. The van der Waals surface area contributed by atoms with Gasteiger partial charge >= 0.3 is 0 Å². The maximum atomic E-state index is 13.2. The van der Waals surface area contributed by atoms with Crippen LogP contribution < -0.4 is 9.73 Å². The molecule has 1 aliphatic heterocycles. The van der Waals surface area contributed by atoms with E-state index in [1.54, 1.807) is 31.4 Å². The van der Waals surface area contributed by atoms with Gasteiger partial charge in [0.2, 0.25) is 0 Å². The highest BCUT2D eigenvalue weighted by Crippen LogP contribution is 2.49. The molecule has 0 aromatic heterocycles. The van der Waals surface area contributed by atoms with Crippen molar-refractivity contribution in [1.82, 2.24) is 9.84 Å². The molecule has 4 N–H and O–H groups in total. The Hall–Kier alpha value is -4.07. The van der Waals surface area contributed by atoms with Crippen molar-refractivity contribution < 1.29 is 28.5 Å². The van der Waals surface area contributed by atoms with E-state index in [2.05, 4.69) is 28.8 Å². The number of hydrogen-bond acceptors (Lipinski definition) is 10. The maximum absolute atomic E-state index is 13.2. The molecule has 2 aliphatic rings. The summed E-state index contributed by atoms with van der Waals surface area (Å²) in [5, 5.41) is 38.9.